The summed E-state index contributed by atoms with van der Waals surface area (Å²) in [6.07, 6.45) is -3.02. The number of aromatic nitrogens is 4. The van der Waals surface area contributed by atoms with E-state index in [4.69, 9.17) is 28.8 Å². The van der Waals surface area contributed by atoms with Crippen molar-refractivity contribution < 1.29 is 46.7 Å². The van der Waals surface area contributed by atoms with E-state index in [1.165, 1.54) is 17.8 Å². The number of rotatable bonds is 9. The van der Waals surface area contributed by atoms with Crippen molar-refractivity contribution in [1.82, 2.24) is 24.8 Å². The third-order valence-electron chi connectivity index (χ3n) is 6.06. The fourth-order valence-corrected chi connectivity index (χ4v) is 6.43. The molecule has 0 spiro atoms. The predicted octanol–water partition coefficient (Wildman–Crippen LogP) is 2.31. The average molecular weight is 593 g/mol. The first-order valence-electron chi connectivity index (χ1n) is 12.0. The molecule has 0 aliphatic carbocycles. The van der Waals surface area contributed by atoms with Crippen LogP contribution in [0.15, 0.2) is 6.33 Å². The SMILES string of the molecule is CCOC(=O)NCC(C)(C)C(=O)SCCO[P@@]1(=O)OC[C@H]2O[C@@H](n3cnc4c(O)nc(N)nc43)[C@](C)(F)[C@@H]2O1. The summed E-state index contributed by atoms with van der Waals surface area (Å²) in [4.78, 5) is 35.7. The van der Waals surface area contributed by atoms with Crippen LogP contribution in [0.2, 0.25) is 0 Å². The van der Waals surface area contributed by atoms with Crippen LogP contribution in [0, 0.1) is 5.41 Å². The number of hydrogen-bond donors (Lipinski definition) is 3. The number of thioether (sulfide) groups is 1. The van der Waals surface area contributed by atoms with E-state index in [1.807, 2.05) is 0 Å². The van der Waals surface area contributed by atoms with Crippen LogP contribution >= 0.6 is 19.6 Å². The molecule has 2 fully saturated rings. The van der Waals surface area contributed by atoms with Gasteiger partial charge in [-0.3, -0.25) is 22.9 Å². The minimum Gasteiger partial charge on any atom is -0.492 e. The number of ether oxygens (including phenoxy) is 2. The molecule has 0 aromatic carbocycles. The molecule has 39 heavy (non-hydrogen) atoms. The summed E-state index contributed by atoms with van der Waals surface area (Å²) in [5, 5.41) is 12.3. The number of imidazole rings is 1. The number of fused-ring (bicyclic) bond motifs is 2. The van der Waals surface area contributed by atoms with Crippen LogP contribution in [-0.4, -0.2) is 85.8 Å². The van der Waals surface area contributed by atoms with E-state index in [0.717, 1.165) is 11.8 Å². The van der Waals surface area contributed by atoms with Crippen LogP contribution < -0.4 is 11.1 Å². The molecule has 5 atom stereocenters. The Kier molecular flexibility index (Phi) is 8.40. The second-order valence-corrected chi connectivity index (χ2v) is 12.3. The van der Waals surface area contributed by atoms with Gasteiger partial charge >= 0.3 is 13.9 Å². The molecule has 4 rings (SSSR count). The first-order chi connectivity index (χ1) is 18.3. The van der Waals surface area contributed by atoms with Crippen LogP contribution in [-0.2, 0) is 32.4 Å². The minimum absolute atomic E-state index is 0.00320. The molecule has 2 aromatic rings. The van der Waals surface area contributed by atoms with E-state index in [2.05, 4.69) is 20.3 Å². The second-order valence-electron chi connectivity index (χ2n) is 9.60. The first-order valence-corrected chi connectivity index (χ1v) is 14.4. The van der Waals surface area contributed by atoms with Crippen molar-refractivity contribution in [2.75, 3.05) is 37.9 Å². The van der Waals surface area contributed by atoms with E-state index in [1.54, 1.807) is 20.8 Å². The highest BCUT2D eigenvalue weighted by molar-refractivity contribution is 8.13. The van der Waals surface area contributed by atoms with Gasteiger partial charge in [-0.1, -0.05) is 25.6 Å². The normalized spacial score (nSPS) is 28.8. The number of nitrogens with zero attached hydrogens (tertiary/aromatic N) is 4. The van der Waals surface area contributed by atoms with E-state index in [-0.39, 0.29) is 54.3 Å². The number of aromatic hydroxyl groups is 1. The number of hydrogen-bond acceptors (Lipinski definition) is 14. The summed E-state index contributed by atoms with van der Waals surface area (Å²) in [6.45, 7) is 5.99. The topological polar surface area (TPSA) is 199 Å². The van der Waals surface area contributed by atoms with E-state index < -0.39 is 49.3 Å². The lowest BCUT2D eigenvalue weighted by Crippen LogP contribution is -2.44. The molecule has 0 radical (unpaired) electrons. The number of alkyl carbamates (subject to hydrolysis) is 1. The number of amides is 1. The molecule has 0 saturated carbocycles. The number of halogens is 1. The number of nitrogens with two attached hydrogens (primary N) is 1. The number of alkyl halides is 1. The Morgan fingerprint density at radius 1 is 1.44 bits per heavy atom. The highest BCUT2D eigenvalue weighted by Crippen LogP contribution is 2.59. The third kappa shape index (κ3) is 6.12. The van der Waals surface area contributed by atoms with Crippen LogP contribution in [0.5, 0.6) is 5.88 Å². The molecule has 2 aliphatic rings. The fourth-order valence-electron chi connectivity index (χ4n) is 4.03. The standard InChI is InChI=1S/C21H30FN6O9PS/c1-5-33-19(31)24-9-20(2,3)17(30)39-7-6-34-38(32)35-8-11-13(37-38)21(4,22)16(36-11)28-10-25-12-14(28)26-18(23)27-15(12)29/h10-11,13,16H,5-9H2,1-4H3,(H,24,31)(H3,23,26,27,29)/t11-,13-,16-,21-,38+/m1/s1. The summed E-state index contributed by atoms with van der Waals surface area (Å²) in [7, 11) is -4.19. The molecule has 2 aromatic heterocycles. The minimum atomic E-state index is -4.19. The quantitative estimate of drug-likeness (QED) is 0.283. The summed E-state index contributed by atoms with van der Waals surface area (Å²) in [5.74, 6) is -0.616. The molecular formula is C21H30FN6O9PS. The Labute approximate surface area is 226 Å². The lowest BCUT2D eigenvalue weighted by Gasteiger charge is -2.33. The van der Waals surface area contributed by atoms with E-state index in [0.29, 0.717) is 0 Å². The maximum absolute atomic E-state index is 16.1. The molecule has 4 N–H and O–H groups in total. The largest absolute Gasteiger partial charge is 0.492 e. The molecule has 2 saturated heterocycles. The Bertz CT molecular complexity index is 1290. The molecule has 18 heteroatoms. The van der Waals surface area contributed by atoms with Gasteiger partial charge in [0.25, 0.3) is 0 Å². The molecule has 2 aliphatic heterocycles. The number of nitrogens with one attached hydrogen (secondary N) is 1. The van der Waals surface area contributed by atoms with Gasteiger partial charge in [0, 0.05) is 12.3 Å². The Balaban J connectivity index is 1.34. The summed E-state index contributed by atoms with van der Waals surface area (Å²) in [6, 6.07) is 0. The van der Waals surface area contributed by atoms with Gasteiger partial charge in [0.05, 0.1) is 31.6 Å². The van der Waals surface area contributed by atoms with Crippen molar-refractivity contribution in [3.05, 3.63) is 6.33 Å². The molecule has 15 nitrogen and oxygen atoms in total. The van der Waals surface area contributed by atoms with Crippen LogP contribution in [0.1, 0.15) is 33.9 Å². The highest BCUT2D eigenvalue weighted by atomic mass is 32.2. The van der Waals surface area contributed by atoms with Crippen molar-refractivity contribution in [3.8, 4) is 5.88 Å². The highest BCUT2D eigenvalue weighted by Gasteiger charge is 2.61. The second kappa shape index (κ2) is 11.1. The van der Waals surface area contributed by atoms with Crippen molar-refractivity contribution in [1.29, 1.82) is 0 Å². The summed E-state index contributed by atoms with van der Waals surface area (Å²) in [5.41, 5.74) is 2.49. The zero-order valence-corrected chi connectivity index (χ0v) is 23.4. The van der Waals surface area contributed by atoms with Crippen LogP contribution in [0.25, 0.3) is 11.2 Å². The van der Waals surface area contributed by atoms with Gasteiger partial charge in [-0.25, -0.2) is 18.7 Å². The van der Waals surface area contributed by atoms with Gasteiger partial charge in [0.15, 0.2) is 28.2 Å². The van der Waals surface area contributed by atoms with Gasteiger partial charge in [-0.05, 0) is 13.8 Å². The monoisotopic (exact) mass is 592 g/mol. The van der Waals surface area contributed by atoms with Gasteiger partial charge in [0.1, 0.15) is 12.2 Å². The zero-order valence-electron chi connectivity index (χ0n) is 21.7. The van der Waals surface area contributed by atoms with Gasteiger partial charge in [-0.15, -0.1) is 0 Å². The Morgan fingerprint density at radius 2 is 2.18 bits per heavy atom. The van der Waals surface area contributed by atoms with Gasteiger partial charge in [-0.2, -0.15) is 9.97 Å². The van der Waals surface area contributed by atoms with E-state index >= 15 is 4.39 Å². The van der Waals surface area contributed by atoms with E-state index in [9.17, 15) is 19.3 Å². The summed E-state index contributed by atoms with van der Waals surface area (Å²) < 4.78 is 57.1. The van der Waals surface area contributed by atoms with Crippen molar-refractivity contribution in [2.24, 2.45) is 5.41 Å². The smallest absolute Gasteiger partial charge is 0.475 e. The maximum atomic E-state index is 16.1. The number of carbonyl (C=O) groups is 2. The number of carbonyl (C=O) groups excluding carboxylic acids is 2. The number of nitrogen functional groups attached to an aromatic ring is 1. The maximum Gasteiger partial charge on any atom is 0.475 e. The van der Waals surface area contributed by atoms with Crippen molar-refractivity contribution >= 4 is 47.9 Å². The third-order valence-corrected chi connectivity index (χ3v) is 8.70. The number of anilines is 1. The fraction of sp³-hybridized carbons (Fsp3) is 0.667. The first kappa shape index (κ1) is 29.4. The average Bonchev–Trinajstić information content (AvgIpc) is 3.38. The van der Waals surface area contributed by atoms with Crippen LogP contribution in [0.4, 0.5) is 15.1 Å². The summed E-state index contributed by atoms with van der Waals surface area (Å²) >= 11 is 0.917. The Morgan fingerprint density at radius 3 is 2.90 bits per heavy atom. The molecular weight excluding hydrogens is 562 g/mol. The van der Waals surface area contributed by atoms with Gasteiger partial charge in [0.2, 0.25) is 11.8 Å². The predicted molar refractivity (Wildman–Crippen MR) is 135 cm³/mol. The lowest BCUT2D eigenvalue weighted by molar-refractivity contribution is -0.117. The molecule has 1 amide bonds. The molecule has 216 valence electrons. The molecule has 0 bridgehead atoms. The lowest BCUT2D eigenvalue weighted by atomic mass is 9.96. The molecule has 4 heterocycles. The number of phosphoric ester groups is 1. The molecule has 0 unspecified atom stereocenters. The van der Waals surface area contributed by atoms with Crippen LogP contribution in [0.3, 0.4) is 0 Å². The number of phosphoric acid groups is 1. The van der Waals surface area contributed by atoms with Crippen molar-refractivity contribution in [3.63, 3.8) is 0 Å². The van der Waals surface area contributed by atoms with Gasteiger partial charge < -0.3 is 25.6 Å². The van der Waals surface area contributed by atoms with Crippen molar-refractivity contribution in [2.45, 2.75) is 51.8 Å². The zero-order chi connectivity index (χ0) is 28.6. The Hall–Kier alpha value is -2.56.